The lowest BCUT2D eigenvalue weighted by atomic mass is 10.1. The van der Waals surface area contributed by atoms with Crippen molar-refractivity contribution in [1.29, 1.82) is 0 Å². The Labute approximate surface area is 132 Å². The van der Waals surface area contributed by atoms with Gasteiger partial charge < -0.3 is 15.0 Å². The molecule has 1 aromatic rings. The summed E-state index contributed by atoms with van der Waals surface area (Å²) in [6.07, 6.45) is -0.294. The van der Waals surface area contributed by atoms with Crippen LogP contribution in [0, 0.1) is 12.7 Å². The highest BCUT2D eigenvalue weighted by molar-refractivity contribution is 9.10. The molecule has 1 aliphatic rings. The zero-order valence-corrected chi connectivity index (χ0v) is 14.3. The molecule has 1 aliphatic heterocycles. The smallest absolute Gasteiger partial charge is 0.410 e. The molecule has 1 aromatic carbocycles. The molecule has 1 saturated heterocycles. The highest BCUT2D eigenvalue weighted by Crippen LogP contribution is 2.26. The van der Waals surface area contributed by atoms with Crippen LogP contribution in [-0.2, 0) is 4.74 Å². The molecular weight excluding hydrogens is 339 g/mol. The first-order valence-electron chi connectivity index (χ1n) is 6.86. The number of nitrogens with one attached hydrogen (secondary N) is 1. The highest BCUT2D eigenvalue weighted by Gasteiger charge is 2.33. The normalized spacial score (nSPS) is 15.6. The lowest BCUT2D eigenvalue weighted by Crippen LogP contribution is -2.58. The molecule has 0 atom stereocenters. The van der Waals surface area contributed by atoms with Gasteiger partial charge in [-0.2, -0.15) is 0 Å². The van der Waals surface area contributed by atoms with E-state index in [1.807, 2.05) is 27.7 Å². The van der Waals surface area contributed by atoms with E-state index in [4.69, 9.17) is 4.74 Å². The van der Waals surface area contributed by atoms with Gasteiger partial charge in [0.05, 0.1) is 10.5 Å². The Balaban J connectivity index is 1.89. The Morgan fingerprint density at radius 3 is 2.62 bits per heavy atom. The summed E-state index contributed by atoms with van der Waals surface area (Å²) in [6.45, 7) is 8.56. The third kappa shape index (κ3) is 4.09. The Kier molecular flexibility index (Phi) is 4.46. The predicted octanol–water partition coefficient (Wildman–Crippen LogP) is 3.93. The second-order valence-electron chi connectivity index (χ2n) is 6.31. The minimum absolute atomic E-state index is 0.161. The zero-order chi connectivity index (χ0) is 15.8. The minimum atomic E-state index is -0.478. The summed E-state index contributed by atoms with van der Waals surface area (Å²) in [5.41, 5.74) is 1.23. The molecule has 4 nitrogen and oxygen atoms in total. The Hall–Kier alpha value is -1.30. The molecule has 1 N–H and O–H groups in total. The number of amides is 1. The van der Waals surface area contributed by atoms with Crippen LogP contribution in [-0.4, -0.2) is 35.7 Å². The van der Waals surface area contributed by atoms with Crippen LogP contribution in [0.25, 0.3) is 0 Å². The fraction of sp³-hybridized carbons (Fsp3) is 0.533. The summed E-state index contributed by atoms with van der Waals surface area (Å²) in [5, 5.41) is 3.32. The molecule has 0 aliphatic carbocycles. The summed E-state index contributed by atoms with van der Waals surface area (Å²) in [7, 11) is 0. The summed E-state index contributed by atoms with van der Waals surface area (Å²) < 4.78 is 19.1. The van der Waals surface area contributed by atoms with Crippen molar-refractivity contribution >= 4 is 27.7 Å². The third-order valence-electron chi connectivity index (χ3n) is 3.16. The van der Waals surface area contributed by atoms with Gasteiger partial charge in [0.25, 0.3) is 0 Å². The summed E-state index contributed by atoms with van der Waals surface area (Å²) in [5.74, 6) is -0.276. The Morgan fingerprint density at radius 1 is 1.43 bits per heavy atom. The predicted molar refractivity (Wildman–Crippen MR) is 84.1 cm³/mol. The van der Waals surface area contributed by atoms with Gasteiger partial charge in [0.1, 0.15) is 11.4 Å². The quantitative estimate of drug-likeness (QED) is 0.870. The number of benzene rings is 1. The highest BCUT2D eigenvalue weighted by atomic mass is 79.9. The number of nitrogens with zero attached hydrogens (tertiary/aromatic N) is 1. The van der Waals surface area contributed by atoms with E-state index in [2.05, 4.69) is 21.2 Å². The molecule has 0 unspecified atom stereocenters. The van der Waals surface area contributed by atoms with Gasteiger partial charge in [-0.1, -0.05) is 0 Å². The molecule has 116 valence electrons. The maximum Gasteiger partial charge on any atom is 0.410 e. The van der Waals surface area contributed by atoms with E-state index in [9.17, 15) is 9.18 Å². The standard InChI is InChI=1S/C15H20BrFN2O2/c1-9-5-12(17)11(16)6-13(9)18-10-7-19(8-10)14(20)21-15(2,3)4/h5-6,10,18H,7-8H2,1-4H3. The maximum atomic E-state index is 13.4. The molecule has 0 saturated carbocycles. The van der Waals surface area contributed by atoms with Crippen molar-refractivity contribution in [3.63, 3.8) is 0 Å². The van der Waals surface area contributed by atoms with Crippen LogP contribution in [0.4, 0.5) is 14.9 Å². The topological polar surface area (TPSA) is 41.6 Å². The Bertz CT molecular complexity index is 551. The number of rotatable bonds is 2. The minimum Gasteiger partial charge on any atom is -0.444 e. The van der Waals surface area contributed by atoms with Crippen molar-refractivity contribution in [2.75, 3.05) is 18.4 Å². The molecule has 0 bridgehead atoms. The van der Waals surface area contributed by atoms with Gasteiger partial charge in [0.15, 0.2) is 0 Å². The molecule has 0 spiro atoms. The fourth-order valence-corrected chi connectivity index (χ4v) is 2.41. The second-order valence-corrected chi connectivity index (χ2v) is 7.16. The lowest BCUT2D eigenvalue weighted by Gasteiger charge is -2.40. The average Bonchev–Trinajstić information content (AvgIpc) is 2.26. The maximum absolute atomic E-state index is 13.4. The number of hydrogen-bond acceptors (Lipinski definition) is 3. The van der Waals surface area contributed by atoms with E-state index in [0.717, 1.165) is 11.3 Å². The molecule has 2 rings (SSSR count). The van der Waals surface area contributed by atoms with Crippen LogP contribution in [0.3, 0.4) is 0 Å². The van der Waals surface area contributed by atoms with Gasteiger partial charge in [0, 0.05) is 18.8 Å². The van der Waals surface area contributed by atoms with Crippen LogP contribution in [0.5, 0.6) is 0 Å². The SMILES string of the molecule is Cc1cc(F)c(Br)cc1NC1CN(C(=O)OC(C)(C)C)C1. The van der Waals surface area contributed by atoms with Gasteiger partial charge in [0.2, 0.25) is 0 Å². The molecule has 6 heteroatoms. The van der Waals surface area contributed by atoms with E-state index in [1.54, 1.807) is 11.0 Å². The van der Waals surface area contributed by atoms with Crippen molar-refractivity contribution in [2.45, 2.75) is 39.3 Å². The average molecular weight is 359 g/mol. The van der Waals surface area contributed by atoms with Crippen LogP contribution in [0.2, 0.25) is 0 Å². The zero-order valence-electron chi connectivity index (χ0n) is 12.7. The molecule has 0 radical (unpaired) electrons. The summed E-state index contributed by atoms with van der Waals surface area (Å²) in [4.78, 5) is 13.5. The second kappa shape index (κ2) is 5.83. The molecule has 1 fully saturated rings. The molecule has 21 heavy (non-hydrogen) atoms. The summed E-state index contributed by atoms with van der Waals surface area (Å²) >= 11 is 3.18. The molecule has 1 amide bonds. The van der Waals surface area contributed by atoms with Gasteiger partial charge in [-0.3, -0.25) is 0 Å². The van der Waals surface area contributed by atoms with Crippen molar-refractivity contribution < 1.29 is 13.9 Å². The first-order valence-corrected chi connectivity index (χ1v) is 7.65. The van der Waals surface area contributed by atoms with Crippen LogP contribution in [0.1, 0.15) is 26.3 Å². The van der Waals surface area contributed by atoms with Gasteiger partial charge in [-0.15, -0.1) is 0 Å². The first-order chi connectivity index (χ1) is 9.65. The number of likely N-dealkylation sites (tertiary alicyclic amines) is 1. The number of ether oxygens (including phenoxy) is 1. The van der Waals surface area contributed by atoms with Gasteiger partial charge in [-0.25, -0.2) is 9.18 Å². The first kappa shape index (κ1) is 16.1. The van der Waals surface area contributed by atoms with E-state index in [-0.39, 0.29) is 18.0 Å². The number of halogens is 2. The van der Waals surface area contributed by atoms with Crippen LogP contribution in [0.15, 0.2) is 16.6 Å². The molecule has 1 heterocycles. The summed E-state index contributed by atoms with van der Waals surface area (Å²) in [6, 6.07) is 3.37. The van der Waals surface area contributed by atoms with Gasteiger partial charge in [-0.05, 0) is 61.3 Å². The molecule has 0 aromatic heterocycles. The Morgan fingerprint density at radius 2 is 2.05 bits per heavy atom. The number of hydrogen-bond donors (Lipinski definition) is 1. The van der Waals surface area contributed by atoms with Crippen molar-refractivity contribution in [3.8, 4) is 0 Å². The number of carbonyl (C=O) groups is 1. The van der Waals surface area contributed by atoms with Crippen molar-refractivity contribution in [2.24, 2.45) is 0 Å². The number of carbonyl (C=O) groups excluding carboxylic acids is 1. The number of anilines is 1. The lowest BCUT2D eigenvalue weighted by molar-refractivity contribution is 0.0105. The van der Waals surface area contributed by atoms with Crippen molar-refractivity contribution in [1.82, 2.24) is 4.90 Å². The largest absolute Gasteiger partial charge is 0.444 e. The van der Waals surface area contributed by atoms with E-state index >= 15 is 0 Å². The third-order valence-corrected chi connectivity index (χ3v) is 3.77. The monoisotopic (exact) mass is 358 g/mol. The number of aryl methyl sites for hydroxylation is 1. The van der Waals surface area contributed by atoms with Gasteiger partial charge >= 0.3 is 6.09 Å². The van der Waals surface area contributed by atoms with E-state index in [1.165, 1.54) is 6.07 Å². The van der Waals surface area contributed by atoms with Crippen LogP contribution >= 0.6 is 15.9 Å². The van der Waals surface area contributed by atoms with Crippen LogP contribution < -0.4 is 5.32 Å². The molecular formula is C15H20BrFN2O2. The van der Waals surface area contributed by atoms with E-state index in [0.29, 0.717) is 17.6 Å². The fourth-order valence-electron chi connectivity index (χ4n) is 2.07. The van der Waals surface area contributed by atoms with E-state index < -0.39 is 5.60 Å². The van der Waals surface area contributed by atoms with Crippen molar-refractivity contribution in [3.05, 3.63) is 28.0 Å².